The fraction of sp³-hybridized carbons (Fsp3) is 0.143. The Morgan fingerprint density at radius 2 is 1.89 bits per heavy atom. The zero-order valence-corrected chi connectivity index (χ0v) is 16.5. The minimum Gasteiger partial charge on any atom is -0.506 e. The Labute approximate surface area is 168 Å². The van der Waals surface area contributed by atoms with Crippen LogP contribution < -0.4 is 10.2 Å². The van der Waals surface area contributed by atoms with Crippen molar-refractivity contribution in [3.63, 3.8) is 0 Å². The lowest BCUT2D eigenvalue weighted by molar-refractivity contribution is 0.0955. The van der Waals surface area contributed by atoms with Crippen molar-refractivity contribution in [3.05, 3.63) is 76.1 Å². The molecule has 1 heterocycles. The van der Waals surface area contributed by atoms with Crippen LogP contribution in [0.4, 0.5) is 0 Å². The molecule has 0 radical (unpaired) electrons. The zero-order chi connectivity index (χ0) is 20.3. The maximum absolute atomic E-state index is 12.2. The number of halogens is 1. The van der Waals surface area contributed by atoms with Crippen LogP contribution in [0.2, 0.25) is 5.02 Å². The minimum atomic E-state index is -0.415. The number of ether oxygens (including phenoxy) is 1. The molecular formula is C21H20ClN3O3. The molecule has 0 bridgehead atoms. The number of phenols is 1. The second kappa shape index (κ2) is 8.19. The highest BCUT2D eigenvalue weighted by atomic mass is 35.5. The van der Waals surface area contributed by atoms with E-state index in [1.165, 1.54) is 18.2 Å². The summed E-state index contributed by atoms with van der Waals surface area (Å²) in [5.74, 6) is 0.305. The average molecular weight is 398 g/mol. The monoisotopic (exact) mass is 397 g/mol. The molecule has 6 nitrogen and oxygen atoms in total. The topological polar surface area (TPSA) is 75.8 Å². The summed E-state index contributed by atoms with van der Waals surface area (Å²) in [4.78, 5) is 12.2. The van der Waals surface area contributed by atoms with Crippen LogP contribution in [0.1, 0.15) is 27.3 Å². The summed E-state index contributed by atoms with van der Waals surface area (Å²) in [5, 5.41) is 13.6. The molecule has 0 aliphatic heterocycles. The normalized spacial score (nSPS) is 11.0. The Kier molecular flexibility index (Phi) is 5.70. The van der Waals surface area contributed by atoms with E-state index in [1.807, 2.05) is 44.2 Å². The van der Waals surface area contributed by atoms with E-state index in [1.54, 1.807) is 13.3 Å². The molecule has 0 unspecified atom stereocenters. The number of aromatic hydroxyl groups is 1. The number of methoxy groups -OCH3 is 1. The van der Waals surface area contributed by atoms with Gasteiger partial charge in [0.25, 0.3) is 5.91 Å². The first-order valence-corrected chi connectivity index (χ1v) is 8.94. The third kappa shape index (κ3) is 4.02. The van der Waals surface area contributed by atoms with E-state index in [0.29, 0.717) is 5.56 Å². The van der Waals surface area contributed by atoms with Crippen molar-refractivity contribution < 1.29 is 14.6 Å². The lowest BCUT2D eigenvalue weighted by Gasteiger charge is -2.10. The van der Waals surface area contributed by atoms with E-state index in [2.05, 4.69) is 15.1 Å². The van der Waals surface area contributed by atoms with Gasteiger partial charge in [0, 0.05) is 28.2 Å². The molecule has 0 saturated heterocycles. The number of hydrogen-bond donors (Lipinski definition) is 2. The van der Waals surface area contributed by atoms with Gasteiger partial charge in [0.05, 0.1) is 18.3 Å². The highest BCUT2D eigenvalue weighted by Crippen LogP contribution is 2.24. The molecule has 0 aliphatic rings. The number of aromatic nitrogens is 1. The molecule has 3 rings (SSSR count). The maximum atomic E-state index is 12.2. The van der Waals surface area contributed by atoms with Crippen molar-refractivity contribution in [3.8, 4) is 17.2 Å². The molecule has 2 aromatic carbocycles. The standard InChI is InChI=1S/C21H20ClN3O3/c1-13-10-16(14(2)25(13)17-5-7-18(28-3)8-6-17)12-23-24-21(27)15-4-9-20(26)19(22)11-15/h4-12,26H,1-3H3,(H,24,27). The number of carbonyl (C=O) groups excluding carboxylic acids is 1. The molecule has 2 N–H and O–H groups in total. The lowest BCUT2D eigenvalue weighted by Crippen LogP contribution is -2.17. The number of phenolic OH excluding ortho intramolecular Hbond substituents is 1. The number of carbonyl (C=O) groups is 1. The minimum absolute atomic E-state index is 0.0762. The van der Waals surface area contributed by atoms with Crippen molar-refractivity contribution in [2.75, 3.05) is 7.11 Å². The molecule has 1 amide bonds. The molecule has 0 spiro atoms. The number of amides is 1. The highest BCUT2D eigenvalue weighted by molar-refractivity contribution is 6.32. The highest BCUT2D eigenvalue weighted by Gasteiger charge is 2.10. The summed E-state index contributed by atoms with van der Waals surface area (Å²) in [6, 6.07) is 14.0. The summed E-state index contributed by atoms with van der Waals surface area (Å²) < 4.78 is 7.30. The van der Waals surface area contributed by atoms with E-state index in [-0.39, 0.29) is 10.8 Å². The second-order valence-corrected chi connectivity index (χ2v) is 6.63. The van der Waals surface area contributed by atoms with Crippen LogP contribution >= 0.6 is 11.6 Å². The van der Waals surface area contributed by atoms with Crippen LogP contribution in [0.15, 0.2) is 53.6 Å². The molecule has 0 atom stereocenters. The molecule has 7 heteroatoms. The first kappa shape index (κ1) is 19.5. The van der Waals surface area contributed by atoms with E-state index < -0.39 is 5.91 Å². The SMILES string of the molecule is COc1ccc(-n2c(C)cc(C=NNC(=O)c3ccc(O)c(Cl)c3)c2C)cc1. The molecule has 1 aromatic heterocycles. The third-order valence-corrected chi connectivity index (χ3v) is 4.68. The number of benzene rings is 2. The van der Waals surface area contributed by atoms with Crippen molar-refractivity contribution >= 4 is 23.7 Å². The quantitative estimate of drug-likeness (QED) is 0.499. The van der Waals surface area contributed by atoms with Gasteiger partial charge in [0.15, 0.2) is 0 Å². The first-order valence-electron chi connectivity index (χ1n) is 8.56. The van der Waals surface area contributed by atoms with Gasteiger partial charge < -0.3 is 14.4 Å². The first-order chi connectivity index (χ1) is 13.4. The van der Waals surface area contributed by atoms with Crippen molar-refractivity contribution in [1.29, 1.82) is 0 Å². The number of nitrogens with zero attached hydrogens (tertiary/aromatic N) is 2. The van der Waals surface area contributed by atoms with Crippen molar-refractivity contribution in [1.82, 2.24) is 9.99 Å². The Morgan fingerprint density at radius 3 is 2.54 bits per heavy atom. The number of rotatable bonds is 5. The lowest BCUT2D eigenvalue weighted by atomic mass is 10.2. The predicted molar refractivity (Wildman–Crippen MR) is 110 cm³/mol. The molecule has 0 saturated carbocycles. The van der Waals surface area contributed by atoms with Gasteiger partial charge >= 0.3 is 0 Å². The number of aryl methyl sites for hydroxylation is 1. The van der Waals surface area contributed by atoms with Crippen LogP contribution in [-0.4, -0.2) is 28.9 Å². The predicted octanol–water partition coefficient (Wildman–Crippen LogP) is 4.23. The zero-order valence-electron chi connectivity index (χ0n) is 15.7. The molecule has 0 aliphatic carbocycles. The van der Waals surface area contributed by atoms with Gasteiger partial charge in [0.1, 0.15) is 11.5 Å². The van der Waals surface area contributed by atoms with E-state index in [9.17, 15) is 9.90 Å². The summed E-state index contributed by atoms with van der Waals surface area (Å²) in [6.45, 7) is 3.99. The molecule has 3 aromatic rings. The van der Waals surface area contributed by atoms with Gasteiger partial charge in [0.2, 0.25) is 0 Å². The number of nitrogens with one attached hydrogen (secondary N) is 1. The Bertz CT molecular complexity index is 1040. The van der Waals surface area contributed by atoms with E-state index in [4.69, 9.17) is 16.3 Å². The van der Waals surface area contributed by atoms with Crippen LogP contribution in [0.25, 0.3) is 5.69 Å². The van der Waals surface area contributed by atoms with Gasteiger partial charge in [-0.25, -0.2) is 5.43 Å². The Morgan fingerprint density at radius 1 is 1.18 bits per heavy atom. The van der Waals surface area contributed by atoms with Crippen LogP contribution in [0, 0.1) is 13.8 Å². The average Bonchev–Trinajstić information content (AvgIpc) is 2.97. The molecular weight excluding hydrogens is 378 g/mol. The summed E-state index contributed by atoms with van der Waals surface area (Å²) in [7, 11) is 1.64. The summed E-state index contributed by atoms with van der Waals surface area (Å²) in [5.41, 5.74) is 6.71. The van der Waals surface area contributed by atoms with Crippen LogP contribution in [0.5, 0.6) is 11.5 Å². The Hall–Kier alpha value is -3.25. The van der Waals surface area contributed by atoms with Crippen LogP contribution in [-0.2, 0) is 0 Å². The summed E-state index contributed by atoms with van der Waals surface area (Å²) >= 11 is 5.83. The smallest absolute Gasteiger partial charge is 0.271 e. The van der Waals surface area contributed by atoms with Crippen molar-refractivity contribution in [2.24, 2.45) is 5.10 Å². The van der Waals surface area contributed by atoms with Crippen molar-refractivity contribution in [2.45, 2.75) is 13.8 Å². The fourth-order valence-electron chi connectivity index (χ4n) is 2.92. The number of hydrazone groups is 1. The second-order valence-electron chi connectivity index (χ2n) is 6.23. The summed E-state index contributed by atoms with van der Waals surface area (Å²) in [6.07, 6.45) is 1.60. The maximum Gasteiger partial charge on any atom is 0.271 e. The fourth-order valence-corrected chi connectivity index (χ4v) is 3.10. The van der Waals surface area contributed by atoms with Gasteiger partial charge in [-0.05, 0) is 62.4 Å². The van der Waals surface area contributed by atoms with E-state index in [0.717, 1.165) is 28.4 Å². The van der Waals surface area contributed by atoms with Crippen LogP contribution in [0.3, 0.4) is 0 Å². The largest absolute Gasteiger partial charge is 0.506 e. The molecule has 144 valence electrons. The molecule has 0 fully saturated rings. The van der Waals surface area contributed by atoms with Gasteiger partial charge in [-0.2, -0.15) is 5.10 Å². The molecule has 28 heavy (non-hydrogen) atoms. The Balaban J connectivity index is 1.77. The van der Waals surface area contributed by atoms with E-state index >= 15 is 0 Å². The van der Waals surface area contributed by atoms with Gasteiger partial charge in [-0.1, -0.05) is 11.6 Å². The number of hydrogen-bond acceptors (Lipinski definition) is 4. The van der Waals surface area contributed by atoms with Gasteiger partial charge in [-0.3, -0.25) is 4.79 Å². The van der Waals surface area contributed by atoms with Gasteiger partial charge in [-0.15, -0.1) is 0 Å². The third-order valence-electron chi connectivity index (χ3n) is 4.38.